The van der Waals surface area contributed by atoms with Crippen LogP contribution in [0.4, 0.5) is 0 Å². The van der Waals surface area contributed by atoms with Gasteiger partial charge in [0.15, 0.2) is 0 Å². The van der Waals surface area contributed by atoms with E-state index >= 15 is 0 Å². The molecule has 1 aromatic carbocycles. The van der Waals surface area contributed by atoms with Gasteiger partial charge in [0, 0.05) is 0 Å². The Kier molecular flexibility index (Phi) is 7.85. The molecule has 0 spiro atoms. The zero-order valence-corrected chi connectivity index (χ0v) is 15.2. The number of benzene rings is 1. The summed E-state index contributed by atoms with van der Waals surface area (Å²) in [6, 6.07) is 4.29. The van der Waals surface area contributed by atoms with Crippen LogP contribution in [0.5, 0.6) is 5.75 Å². The fourth-order valence-electron chi connectivity index (χ4n) is 2.00. The molecule has 0 heterocycles. The van der Waals surface area contributed by atoms with Crippen LogP contribution in [0.25, 0.3) is 0 Å². The first-order valence-corrected chi connectivity index (χ1v) is 9.19. The quantitative estimate of drug-likeness (QED) is 0.595. The van der Waals surface area contributed by atoms with Crippen molar-refractivity contribution in [2.75, 3.05) is 13.7 Å². The van der Waals surface area contributed by atoms with E-state index in [1.54, 1.807) is 0 Å². The summed E-state index contributed by atoms with van der Waals surface area (Å²) < 4.78 is 36.6. The van der Waals surface area contributed by atoms with Crippen molar-refractivity contribution in [3.63, 3.8) is 0 Å². The van der Waals surface area contributed by atoms with Crippen molar-refractivity contribution < 1.29 is 32.6 Å². The van der Waals surface area contributed by atoms with Crippen molar-refractivity contribution in [2.45, 2.75) is 37.6 Å². The summed E-state index contributed by atoms with van der Waals surface area (Å²) in [6.07, 6.45) is 0.261. The Bertz CT molecular complexity index is 683. The molecule has 1 rings (SSSR count). The zero-order chi connectivity index (χ0) is 19.0. The Balaban J connectivity index is 2.75. The number of hydrogen-bond acceptors (Lipinski definition) is 6. The molecule has 0 amide bonds. The molecule has 25 heavy (non-hydrogen) atoms. The molecule has 0 aliphatic carbocycles. The summed E-state index contributed by atoms with van der Waals surface area (Å²) in [5.74, 6) is -1.22. The number of rotatable bonds is 10. The fourth-order valence-corrected chi connectivity index (χ4v) is 3.20. The van der Waals surface area contributed by atoms with Crippen LogP contribution >= 0.6 is 0 Å². The number of hydrogen-bond donors (Lipinski definition) is 2. The molecule has 1 unspecified atom stereocenters. The molecule has 0 saturated heterocycles. The number of carboxylic acid groups (broad SMARTS) is 1. The lowest BCUT2D eigenvalue weighted by Crippen LogP contribution is -2.41. The molecule has 0 aliphatic heterocycles. The van der Waals surface area contributed by atoms with Gasteiger partial charge in [0.2, 0.25) is 10.0 Å². The summed E-state index contributed by atoms with van der Waals surface area (Å²) in [5, 5.41) is 9.15. The number of aliphatic carboxylic acids is 1. The molecular formula is C16H23NO7S. The summed E-state index contributed by atoms with van der Waals surface area (Å²) in [5.41, 5.74) is 0. The van der Waals surface area contributed by atoms with Crippen molar-refractivity contribution in [1.29, 1.82) is 0 Å². The molecule has 0 fully saturated rings. The first-order chi connectivity index (χ1) is 11.7. The van der Waals surface area contributed by atoms with Gasteiger partial charge in [-0.15, -0.1) is 0 Å². The summed E-state index contributed by atoms with van der Waals surface area (Å²) >= 11 is 0. The van der Waals surface area contributed by atoms with Crippen molar-refractivity contribution in [3.8, 4) is 5.75 Å². The highest BCUT2D eigenvalue weighted by Crippen LogP contribution is 2.17. The number of ether oxygens (including phenoxy) is 2. The van der Waals surface area contributed by atoms with Crippen molar-refractivity contribution in [2.24, 2.45) is 5.92 Å². The monoisotopic (exact) mass is 373 g/mol. The number of esters is 1. The van der Waals surface area contributed by atoms with E-state index in [0.29, 0.717) is 5.75 Å². The van der Waals surface area contributed by atoms with Gasteiger partial charge in [0.05, 0.1) is 25.0 Å². The Hall–Kier alpha value is -2.13. The maximum atomic E-state index is 12.3. The lowest BCUT2D eigenvalue weighted by Gasteiger charge is -2.16. The minimum Gasteiger partial charge on any atom is -0.493 e. The highest BCUT2D eigenvalue weighted by atomic mass is 32.2. The normalized spacial score (nSPS) is 12.6. The Morgan fingerprint density at radius 1 is 1.20 bits per heavy atom. The van der Waals surface area contributed by atoms with Gasteiger partial charge in [-0.3, -0.25) is 9.59 Å². The average molecular weight is 373 g/mol. The number of carbonyl (C=O) groups is 2. The van der Waals surface area contributed by atoms with E-state index < -0.39 is 28.0 Å². The van der Waals surface area contributed by atoms with E-state index in [1.165, 1.54) is 31.4 Å². The maximum Gasteiger partial charge on any atom is 0.321 e. The summed E-state index contributed by atoms with van der Waals surface area (Å²) in [6.45, 7) is 3.72. The Morgan fingerprint density at radius 2 is 1.80 bits per heavy atom. The van der Waals surface area contributed by atoms with Crippen molar-refractivity contribution in [1.82, 2.24) is 4.72 Å². The maximum absolute atomic E-state index is 12.3. The molecule has 1 atom stereocenters. The van der Waals surface area contributed by atoms with E-state index in [0.717, 1.165) is 0 Å². The minimum atomic E-state index is -3.97. The molecule has 0 saturated carbocycles. The number of methoxy groups -OCH3 is 1. The zero-order valence-electron chi connectivity index (χ0n) is 14.4. The van der Waals surface area contributed by atoms with Gasteiger partial charge in [0.25, 0.3) is 0 Å². The number of carboxylic acids is 1. The molecule has 0 bridgehead atoms. The second kappa shape index (κ2) is 9.38. The molecule has 0 aliphatic rings. The van der Waals surface area contributed by atoms with Crippen LogP contribution in [-0.2, 0) is 24.3 Å². The average Bonchev–Trinajstić information content (AvgIpc) is 2.53. The Morgan fingerprint density at radius 3 is 2.28 bits per heavy atom. The second-order valence-electron chi connectivity index (χ2n) is 5.79. The predicted molar refractivity (Wildman–Crippen MR) is 89.8 cm³/mol. The van der Waals surface area contributed by atoms with Gasteiger partial charge >= 0.3 is 11.9 Å². The van der Waals surface area contributed by atoms with Crippen molar-refractivity contribution in [3.05, 3.63) is 24.3 Å². The standard InChI is InChI=1S/C16H23NO7S/c1-11(2)10-14(16(19)20)17-25(21,22)13-6-4-12(5-7-13)24-9-8-15(18)23-3/h4-7,11,14,17H,8-10H2,1-3H3,(H,19,20). The lowest BCUT2D eigenvalue weighted by atomic mass is 10.1. The molecule has 0 radical (unpaired) electrons. The third-order valence-electron chi connectivity index (χ3n) is 3.24. The fraction of sp³-hybridized carbons (Fsp3) is 0.500. The third-order valence-corrected chi connectivity index (χ3v) is 4.73. The summed E-state index contributed by atoms with van der Waals surface area (Å²) in [4.78, 5) is 22.1. The van der Waals surface area contributed by atoms with E-state index in [2.05, 4.69) is 9.46 Å². The number of nitrogens with one attached hydrogen (secondary N) is 1. The second-order valence-corrected chi connectivity index (χ2v) is 7.50. The molecule has 2 N–H and O–H groups in total. The molecule has 140 valence electrons. The smallest absolute Gasteiger partial charge is 0.321 e. The van der Waals surface area contributed by atoms with E-state index in [9.17, 15) is 18.0 Å². The predicted octanol–water partition coefficient (Wildman–Crippen LogP) is 1.41. The highest BCUT2D eigenvalue weighted by Gasteiger charge is 2.26. The van der Waals surface area contributed by atoms with E-state index in [-0.39, 0.29) is 30.3 Å². The van der Waals surface area contributed by atoms with Crippen LogP contribution in [0.1, 0.15) is 26.7 Å². The first-order valence-electron chi connectivity index (χ1n) is 7.70. The van der Waals surface area contributed by atoms with Crippen LogP contribution in [0.15, 0.2) is 29.2 Å². The molecule has 8 nitrogen and oxygen atoms in total. The van der Waals surface area contributed by atoms with Gasteiger partial charge < -0.3 is 14.6 Å². The first kappa shape index (κ1) is 20.9. The van der Waals surface area contributed by atoms with Crippen LogP contribution < -0.4 is 9.46 Å². The third kappa shape index (κ3) is 7.10. The molecular weight excluding hydrogens is 350 g/mol. The summed E-state index contributed by atoms with van der Waals surface area (Å²) in [7, 11) is -2.69. The van der Waals surface area contributed by atoms with Gasteiger partial charge in [-0.1, -0.05) is 13.8 Å². The largest absolute Gasteiger partial charge is 0.493 e. The van der Waals surface area contributed by atoms with Crippen LogP contribution in [0.2, 0.25) is 0 Å². The van der Waals surface area contributed by atoms with Crippen LogP contribution in [0.3, 0.4) is 0 Å². The van der Waals surface area contributed by atoms with Gasteiger partial charge in [-0.2, -0.15) is 4.72 Å². The number of sulfonamides is 1. The Labute approximate surface area is 147 Å². The number of carbonyl (C=O) groups excluding carboxylic acids is 1. The van der Waals surface area contributed by atoms with E-state index in [4.69, 9.17) is 9.84 Å². The van der Waals surface area contributed by atoms with Crippen LogP contribution in [-0.4, -0.2) is 45.2 Å². The van der Waals surface area contributed by atoms with Crippen LogP contribution in [0, 0.1) is 5.92 Å². The van der Waals surface area contributed by atoms with Gasteiger partial charge in [-0.05, 0) is 36.6 Å². The van der Waals surface area contributed by atoms with Gasteiger partial charge in [-0.25, -0.2) is 8.42 Å². The topological polar surface area (TPSA) is 119 Å². The minimum absolute atomic E-state index is 0.0226. The van der Waals surface area contributed by atoms with Crippen molar-refractivity contribution >= 4 is 22.0 Å². The van der Waals surface area contributed by atoms with Gasteiger partial charge in [0.1, 0.15) is 11.8 Å². The lowest BCUT2D eigenvalue weighted by molar-refractivity contribution is -0.141. The molecule has 1 aromatic rings. The highest BCUT2D eigenvalue weighted by molar-refractivity contribution is 7.89. The molecule has 0 aromatic heterocycles. The SMILES string of the molecule is COC(=O)CCOc1ccc(S(=O)(=O)NC(CC(C)C)C(=O)O)cc1. The molecule has 9 heteroatoms. The van der Waals surface area contributed by atoms with E-state index in [1.807, 2.05) is 13.8 Å².